The van der Waals surface area contributed by atoms with Gasteiger partial charge in [0.2, 0.25) is 0 Å². The van der Waals surface area contributed by atoms with E-state index >= 15 is 0 Å². The molecule has 0 amide bonds. The Labute approximate surface area is 119 Å². The number of aliphatic hydroxyl groups excluding tert-OH is 1. The van der Waals surface area contributed by atoms with Gasteiger partial charge in [0, 0.05) is 12.1 Å². The predicted octanol–water partition coefficient (Wildman–Crippen LogP) is 2.97. The first-order valence-corrected chi connectivity index (χ1v) is 7.90. The fourth-order valence-corrected chi connectivity index (χ4v) is 3.16. The molecule has 19 heavy (non-hydrogen) atoms. The number of ether oxygens (including phenoxy) is 1. The van der Waals surface area contributed by atoms with Crippen molar-refractivity contribution in [1.29, 1.82) is 0 Å². The molecule has 0 radical (unpaired) electrons. The standard InChI is InChI=1S/C16H33NO2/c1-13-9-14(2)11-15(10-13)19-8-6-5-7-16(3,12-18)17-4/h13-15,17-18H,5-12H2,1-4H3. The molecule has 0 bridgehead atoms. The fraction of sp³-hybridized carbons (Fsp3) is 1.00. The molecule has 0 heterocycles. The molecule has 0 aromatic heterocycles. The maximum absolute atomic E-state index is 9.31. The lowest BCUT2D eigenvalue weighted by molar-refractivity contribution is -0.00131. The van der Waals surface area contributed by atoms with Gasteiger partial charge in [-0.05, 0) is 64.3 Å². The van der Waals surface area contributed by atoms with Crippen molar-refractivity contribution in [3.05, 3.63) is 0 Å². The Kier molecular flexibility index (Phi) is 7.33. The van der Waals surface area contributed by atoms with Gasteiger partial charge in [-0.25, -0.2) is 0 Å². The summed E-state index contributed by atoms with van der Waals surface area (Å²) in [6, 6.07) is 0. The van der Waals surface area contributed by atoms with Crippen molar-refractivity contribution in [2.45, 2.75) is 70.9 Å². The number of aliphatic hydroxyl groups is 1. The number of hydrogen-bond donors (Lipinski definition) is 2. The van der Waals surface area contributed by atoms with Gasteiger partial charge >= 0.3 is 0 Å². The van der Waals surface area contributed by atoms with E-state index in [4.69, 9.17) is 4.74 Å². The number of rotatable bonds is 8. The van der Waals surface area contributed by atoms with Crippen LogP contribution in [0.5, 0.6) is 0 Å². The van der Waals surface area contributed by atoms with Crippen molar-refractivity contribution in [3.63, 3.8) is 0 Å². The maximum Gasteiger partial charge on any atom is 0.0610 e. The molecule has 0 saturated heterocycles. The summed E-state index contributed by atoms with van der Waals surface area (Å²) in [5.41, 5.74) is -0.131. The van der Waals surface area contributed by atoms with Gasteiger partial charge in [-0.3, -0.25) is 0 Å². The summed E-state index contributed by atoms with van der Waals surface area (Å²) >= 11 is 0. The lowest BCUT2D eigenvalue weighted by atomic mass is 9.82. The maximum atomic E-state index is 9.31. The third-order valence-electron chi connectivity index (χ3n) is 4.56. The molecule has 114 valence electrons. The summed E-state index contributed by atoms with van der Waals surface area (Å²) in [5.74, 6) is 1.63. The van der Waals surface area contributed by atoms with Crippen molar-refractivity contribution >= 4 is 0 Å². The molecule has 2 N–H and O–H groups in total. The SMILES string of the molecule is CNC(C)(CO)CCCCOC1CC(C)CC(C)C1. The van der Waals surface area contributed by atoms with Crippen LogP contribution in [-0.4, -0.2) is 37.0 Å². The highest BCUT2D eigenvalue weighted by atomic mass is 16.5. The largest absolute Gasteiger partial charge is 0.394 e. The second kappa shape index (κ2) is 8.23. The lowest BCUT2D eigenvalue weighted by Crippen LogP contribution is -2.43. The topological polar surface area (TPSA) is 41.5 Å². The minimum absolute atomic E-state index is 0.131. The van der Waals surface area contributed by atoms with Gasteiger partial charge in [-0.1, -0.05) is 13.8 Å². The number of unbranched alkanes of at least 4 members (excludes halogenated alkanes) is 1. The summed E-state index contributed by atoms with van der Waals surface area (Å²) in [4.78, 5) is 0. The van der Waals surface area contributed by atoms with E-state index in [0.717, 1.165) is 37.7 Å². The molecule has 3 nitrogen and oxygen atoms in total. The molecule has 1 saturated carbocycles. The molecule has 3 heteroatoms. The van der Waals surface area contributed by atoms with Gasteiger partial charge < -0.3 is 15.2 Å². The molecule has 0 spiro atoms. The summed E-state index contributed by atoms with van der Waals surface area (Å²) < 4.78 is 6.02. The zero-order valence-electron chi connectivity index (χ0n) is 13.2. The van der Waals surface area contributed by atoms with Crippen molar-refractivity contribution < 1.29 is 9.84 Å². The van der Waals surface area contributed by atoms with E-state index in [9.17, 15) is 5.11 Å². The average Bonchev–Trinajstić information content (AvgIpc) is 2.37. The van der Waals surface area contributed by atoms with Crippen LogP contribution in [-0.2, 0) is 4.74 Å². The van der Waals surface area contributed by atoms with Crippen LogP contribution in [0.1, 0.15) is 59.3 Å². The molecule has 1 fully saturated rings. The Balaban J connectivity index is 2.10. The van der Waals surface area contributed by atoms with Crippen molar-refractivity contribution in [2.75, 3.05) is 20.3 Å². The third kappa shape index (κ3) is 6.24. The molecule has 1 rings (SSSR count). The van der Waals surface area contributed by atoms with E-state index in [1.165, 1.54) is 19.3 Å². The number of nitrogens with one attached hydrogen (secondary N) is 1. The van der Waals surface area contributed by atoms with Gasteiger partial charge in [-0.2, -0.15) is 0 Å². The van der Waals surface area contributed by atoms with Gasteiger partial charge in [-0.15, -0.1) is 0 Å². The normalized spacial score (nSPS) is 31.1. The van der Waals surface area contributed by atoms with Gasteiger partial charge in [0.1, 0.15) is 0 Å². The van der Waals surface area contributed by atoms with E-state index in [2.05, 4.69) is 26.1 Å². The summed E-state index contributed by atoms with van der Waals surface area (Å²) in [6.07, 6.45) is 7.50. The zero-order chi connectivity index (χ0) is 14.3. The highest BCUT2D eigenvalue weighted by molar-refractivity contribution is 4.80. The molecule has 0 aromatic carbocycles. The van der Waals surface area contributed by atoms with E-state index in [0.29, 0.717) is 6.10 Å². The first-order chi connectivity index (χ1) is 8.99. The smallest absolute Gasteiger partial charge is 0.0610 e. The summed E-state index contributed by atoms with van der Waals surface area (Å²) in [5, 5.41) is 12.5. The third-order valence-corrected chi connectivity index (χ3v) is 4.56. The van der Waals surface area contributed by atoms with Gasteiger partial charge in [0.05, 0.1) is 12.7 Å². The van der Waals surface area contributed by atoms with Crippen molar-refractivity contribution in [3.8, 4) is 0 Å². The van der Waals surface area contributed by atoms with E-state index in [-0.39, 0.29) is 12.1 Å². The minimum Gasteiger partial charge on any atom is -0.394 e. The number of likely N-dealkylation sites (N-methyl/N-ethyl adjacent to an activating group) is 1. The second-order valence-electron chi connectivity index (χ2n) is 6.84. The van der Waals surface area contributed by atoms with Crippen LogP contribution >= 0.6 is 0 Å². The van der Waals surface area contributed by atoms with E-state index in [1.807, 2.05) is 7.05 Å². The fourth-order valence-electron chi connectivity index (χ4n) is 3.16. The Morgan fingerprint density at radius 1 is 1.16 bits per heavy atom. The lowest BCUT2D eigenvalue weighted by Gasteiger charge is -2.31. The van der Waals surface area contributed by atoms with Crippen molar-refractivity contribution in [1.82, 2.24) is 5.32 Å². The van der Waals surface area contributed by atoms with Gasteiger partial charge in [0.25, 0.3) is 0 Å². The van der Waals surface area contributed by atoms with E-state index < -0.39 is 0 Å². The Morgan fingerprint density at radius 2 is 1.79 bits per heavy atom. The van der Waals surface area contributed by atoms with Crippen LogP contribution in [0.3, 0.4) is 0 Å². The molecular weight excluding hydrogens is 238 g/mol. The summed E-state index contributed by atoms with van der Waals surface area (Å²) in [7, 11) is 1.91. The predicted molar refractivity (Wildman–Crippen MR) is 80.3 cm³/mol. The highest BCUT2D eigenvalue weighted by Gasteiger charge is 2.24. The molecule has 0 aliphatic heterocycles. The highest BCUT2D eigenvalue weighted by Crippen LogP contribution is 2.30. The Hall–Kier alpha value is -0.120. The molecule has 3 atom stereocenters. The van der Waals surface area contributed by atoms with Crippen LogP contribution in [0.4, 0.5) is 0 Å². The quantitative estimate of drug-likeness (QED) is 0.667. The average molecular weight is 271 g/mol. The Bertz CT molecular complexity index is 231. The number of hydrogen-bond acceptors (Lipinski definition) is 3. The molecular formula is C16H33NO2. The van der Waals surface area contributed by atoms with Crippen LogP contribution in [0.15, 0.2) is 0 Å². The first kappa shape index (κ1) is 16.9. The van der Waals surface area contributed by atoms with Gasteiger partial charge in [0.15, 0.2) is 0 Å². The second-order valence-corrected chi connectivity index (χ2v) is 6.84. The zero-order valence-corrected chi connectivity index (χ0v) is 13.2. The van der Waals surface area contributed by atoms with Crippen LogP contribution in [0, 0.1) is 11.8 Å². The van der Waals surface area contributed by atoms with E-state index in [1.54, 1.807) is 0 Å². The minimum atomic E-state index is -0.131. The summed E-state index contributed by atoms with van der Waals surface area (Å²) in [6.45, 7) is 7.81. The molecule has 1 aliphatic rings. The molecule has 0 aromatic rings. The Morgan fingerprint density at radius 3 is 2.32 bits per heavy atom. The molecule has 1 aliphatic carbocycles. The van der Waals surface area contributed by atoms with Crippen molar-refractivity contribution in [2.24, 2.45) is 11.8 Å². The first-order valence-electron chi connectivity index (χ1n) is 7.90. The molecule has 3 unspecified atom stereocenters. The van der Waals surface area contributed by atoms with Crippen LogP contribution in [0.2, 0.25) is 0 Å². The van der Waals surface area contributed by atoms with Crippen LogP contribution in [0.25, 0.3) is 0 Å². The monoisotopic (exact) mass is 271 g/mol. The van der Waals surface area contributed by atoms with Crippen LogP contribution < -0.4 is 5.32 Å².